The molecule has 0 aromatic heterocycles. The monoisotopic (exact) mass is 736 g/mol. The molecular weight excluding hydrogens is 685 g/mol. The number of anilines is 1. The maximum absolute atomic E-state index is 15.0. The summed E-state index contributed by atoms with van der Waals surface area (Å²) in [5.41, 5.74) is 4.59. The van der Waals surface area contributed by atoms with Crippen LogP contribution in [-0.4, -0.2) is 40.0 Å². The van der Waals surface area contributed by atoms with Gasteiger partial charge in [0.25, 0.3) is 0 Å². The van der Waals surface area contributed by atoms with E-state index in [0.717, 1.165) is 38.4 Å². The maximum Gasteiger partial charge on any atom is 0.417 e. The van der Waals surface area contributed by atoms with Crippen molar-refractivity contribution in [3.05, 3.63) is 173 Å². The number of amides is 2. The molecule has 5 aromatic rings. The minimum absolute atomic E-state index is 0.00650. The Morgan fingerprint density at radius 1 is 0.764 bits per heavy atom. The summed E-state index contributed by atoms with van der Waals surface area (Å²) in [5, 5.41) is 12.1. The van der Waals surface area contributed by atoms with E-state index in [-0.39, 0.29) is 18.8 Å². The maximum atomic E-state index is 15.0. The molecule has 1 aliphatic rings. The van der Waals surface area contributed by atoms with Crippen LogP contribution >= 0.6 is 0 Å². The fraction of sp³-hybridized carbons (Fsp3) is 0.312. The first-order valence-corrected chi connectivity index (χ1v) is 19.5. The number of aliphatic hydroxyl groups is 1. The van der Waals surface area contributed by atoms with Gasteiger partial charge in [0, 0.05) is 31.1 Å². The summed E-state index contributed by atoms with van der Waals surface area (Å²) in [4.78, 5) is 46.8. The number of ether oxygens (including phenoxy) is 1. The molecule has 1 N–H and O–H groups in total. The highest BCUT2D eigenvalue weighted by Gasteiger charge is 2.47. The van der Waals surface area contributed by atoms with Crippen LogP contribution in [0.2, 0.25) is 0 Å². The highest BCUT2D eigenvalue weighted by molar-refractivity contribution is 6.07. The third-order valence-corrected chi connectivity index (χ3v) is 10.8. The predicted octanol–water partition coefficient (Wildman–Crippen LogP) is 9.85. The van der Waals surface area contributed by atoms with Gasteiger partial charge in [0.1, 0.15) is 24.3 Å². The van der Waals surface area contributed by atoms with E-state index in [1.54, 1.807) is 0 Å². The van der Waals surface area contributed by atoms with Gasteiger partial charge < -0.3 is 14.7 Å². The number of benzene rings is 5. The minimum atomic E-state index is -1.33. The Labute approximate surface area is 325 Å². The molecule has 1 saturated heterocycles. The van der Waals surface area contributed by atoms with E-state index in [1.807, 2.05) is 123 Å². The van der Waals surface area contributed by atoms with Gasteiger partial charge in [-0.15, -0.1) is 0 Å². The Kier molecular flexibility index (Phi) is 13.3. The Bertz CT molecular complexity index is 1950. The molecule has 1 aliphatic heterocycles. The molecular formula is C48H52N2O5. The summed E-state index contributed by atoms with van der Waals surface area (Å²) in [5.74, 6) is -2.76. The van der Waals surface area contributed by atoms with Crippen LogP contribution in [0.25, 0.3) is 0 Å². The molecule has 0 aliphatic carbocycles. The number of rotatable bonds is 18. The quantitative estimate of drug-likeness (QED) is 0.0902. The van der Waals surface area contributed by atoms with Crippen molar-refractivity contribution in [3.8, 4) is 0 Å². The van der Waals surface area contributed by atoms with Crippen LogP contribution in [0, 0.1) is 5.92 Å². The first-order chi connectivity index (χ1) is 26.8. The molecule has 284 valence electrons. The zero-order chi connectivity index (χ0) is 38.6. The van der Waals surface area contributed by atoms with Crippen LogP contribution in [-0.2, 0) is 33.8 Å². The first-order valence-electron chi connectivity index (χ1n) is 19.5. The molecule has 55 heavy (non-hydrogen) atoms. The minimum Gasteiger partial charge on any atom is -0.446 e. The van der Waals surface area contributed by atoms with E-state index in [0.29, 0.717) is 45.2 Å². The summed E-state index contributed by atoms with van der Waals surface area (Å²) >= 11 is 0. The SMILES string of the molecule is CCC[C@@](O)(CCc1ccccc1)CC(=O)[C@@H](C(=O)N1C(=O)OC[C@H]1c1ccccc1)[C@H](CC)c1cccc(N(Cc2ccccc2)Cc2ccccc2)c1. The van der Waals surface area contributed by atoms with Crippen LogP contribution < -0.4 is 4.90 Å². The molecule has 0 spiro atoms. The van der Waals surface area contributed by atoms with Gasteiger partial charge >= 0.3 is 6.09 Å². The lowest BCUT2D eigenvalue weighted by Crippen LogP contribution is -2.46. The van der Waals surface area contributed by atoms with Gasteiger partial charge in [-0.25, -0.2) is 9.69 Å². The summed E-state index contributed by atoms with van der Waals surface area (Å²) < 4.78 is 5.49. The van der Waals surface area contributed by atoms with E-state index in [4.69, 9.17) is 4.74 Å². The highest BCUT2D eigenvalue weighted by Crippen LogP contribution is 2.39. The van der Waals surface area contributed by atoms with Crippen molar-refractivity contribution in [2.24, 2.45) is 5.92 Å². The summed E-state index contributed by atoms with van der Waals surface area (Å²) in [7, 11) is 0. The van der Waals surface area contributed by atoms with E-state index in [1.165, 1.54) is 0 Å². The first kappa shape index (κ1) is 39.2. The summed E-state index contributed by atoms with van der Waals surface area (Å²) in [6.07, 6.45) is 1.54. The number of Topliss-reactive ketones (excluding diaryl/α,β-unsaturated/α-hetero) is 1. The Balaban J connectivity index is 1.37. The number of carbonyl (C=O) groups excluding carboxylic acids is 3. The summed E-state index contributed by atoms with van der Waals surface area (Å²) in [6.45, 7) is 5.28. The molecule has 1 heterocycles. The fourth-order valence-corrected chi connectivity index (χ4v) is 7.95. The second-order valence-electron chi connectivity index (χ2n) is 14.7. The van der Waals surface area contributed by atoms with Crippen molar-refractivity contribution in [2.75, 3.05) is 11.5 Å². The largest absolute Gasteiger partial charge is 0.446 e. The molecule has 0 unspecified atom stereocenters. The standard InChI is InChI=1S/C48H52N2O5/c1-3-29-48(54,30-28-36-18-9-5-10-19-36)32-44(51)45(46(52)50-43(35-55-47(50)53)39-24-15-8-16-25-39)42(4-2)40-26-17-27-41(31-40)49(33-37-20-11-6-12-21-37)34-38-22-13-7-14-23-38/h5-27,31,42-43,45,54H,3-4,28-30,32-35H2,1-2H3/t42-,43+,45+,48-/m1/s1. The number of aryl methyl sites for hydroxylation is 1. The zero-order valence-electron chi connectivity index (χ0n) is 31.9. The van der Waals surface area contributed by atoms with Crippen LogP contribution in [0.4, 0.5) is 10.5 Å². The molecule has 7 nitrogen and oxygen atoms in total. The molecule has 7 heteroatoms. The Hall–Kier alpha value is -5.53. The predicted molar refractivity (Wildman–Crippen MR) is 217 cm³/mol. The van der Waals surface area contributed by atoms with E-state index in [2.05, 4.69) is 41.3 Å². The zero-order valence-corrected chi connectivity index (χ0v) is 31.9. The lowest BCUT2D eigenvalue weighted by atomic mass is 9.75. The lowest BCUT2D eigenvalue weighted by molar-refractivity contribution is -0.143. The molecule has 0 saturated carbocycles. The molecule has 4 atom stereocenters. The smallest absolute Gasteiger partial charge is 0.417 e. The molecule has 6 rings (SSSR count). The number of hydrogen-bond donors (Lipinski definition) is 1. The Morgan fingerprint density at radius 3 is 1.89 bits per heavy atom. The topological polar surface area (TPSA) is 87.2 Å². The van der Waals surface area contributed by atoms with Crippen LogP contribution in [0.1, 0.15) is 85.7 Å². The van der Waals surface area contributed by atoms with Gasteiger partial charge in [-0.2, -0.15) is 0 Å². The second-order valence-corrected chi connectivity index (χ2v) is 14.7. The number of ketones is 1. The van der Waals surface area contributed by atoms with Crippen LogP contribution in [0.15, 0.2) is 146 Å². The average molecular weight is 737 g/mol. The van der Waals surface area contributed by atoms with Gasteiger partial charge in [-0.05, 0) is 65.6 Å². The molecule has 0 radical (unpaired) electrons. The lowest BCUT2D eigenvalue weighted by Gasteiger charge is -2.34. The molecule has 0 bridgehead atoms. The van der Waals surface area contributed by atoms with Crippen molar-refractivity contribution in [1.29, 1.82) is 0 Å². The van der Waals surface area contributed by atoms with E-state index >= 15 is 0 Å². The second kappa shape index (κ2) is 18.7. The van der Waals surface area contributed by atoms with Crippen molar-refractivity contribution in [3.63, 3.8) is 0 Å². The van der Waals surface area contributed by atoms with Gasteiger partial charge in [0.15, 0.2) is 0 Å². The molecule has 5 aromatic carbocycles. The number of carbonyl (C=O) groups is 3. The van der Waals surface area contributed by atoms with Crippen LogP contribution in [0.5, 0.6) is 0 Å². The van der Waals surface area contributed by atoms with E-state index < -0.39 is 35.5 Å². The normalized spacial score (nSPS) is 16.2. The number of imide groups is 1. The third kappa shape index (κ3) is 9.97. The number of nitrogens with zero attached hydrogens (tertiary/aromatic N) is 2. The van der Waals surface area contributed by atoms with Gasteiger partial charge in [0.05, 0.1) is 5.60 Å². The fourth-order valence-electron chi connectivity index (χ4n) is 7.95. The third-order valence-electron chi connectivity index (χ3n) is 10.8. The van der Waals surface area contributed by atoms with E-state index in [9.17, 15) is 19.5 Å². The summed E-state index contributed by atoms with van der Waals surface area (Å²) in [6, 6.07) is 47.3. The number of cyclic esters (lactones) is 1. The molecule has 1 fully saturated rings. The Morgan fingerprint density at radius 2 is 1.33 bits per heavy atom. The van der Waals surface area contributed by atoms with Crippen molar-refractivity contribution >= 4 is 23.5 Å². The van der Waals surface area contributed by atoms with Crippen molar-refractivity contribution < 1.29 is 24.2 Å². The number of hydrogen-bond acceptors (Lipinski definition) is 6. The molecule has 2 amide bonds. The average Bonchev–Trinajstić information content (AvgIpc) is 3.61. The highest BCUT2D eigenvalue weighted by atomic mass is 16.6. The van der Waals surface area contributed by atoms with Gasteiger partial charge in [-0.1, -0.05) is 154 Å². The van der Waals surface area contributed by atoms with Gasteiger partial charge in [0.2, 0.25) is 5.91 Å². The van der Waals surface area contributed by atoms with Crippen molar-refractivity contribution in [1.82, 2.24) is 4.90 Å². The van der Waals surface area contributed by atoms with Crippen molar-refractivity contribution in [2.45, 2.75) is 83.0 Å². The van der Waals surface area contributed by atoms with Crippen LogP contribution in [0.3, 0.4) is 0 Å². The van der Waals surface area contributed by atoms with Gasteiger partial charge in [-0.3, -0.25) is 9.59 Å².